The van der Waals surface area contributed by atoms with Crippen LogP contribution in [0.1, 0.15) is 28.8 Å². The average Bonchev–Trinajstić information content (AvgIpc) is 3.00. The number of carbonyl (C=O) groups excluding carboxylic acids is 2. The summed E-state index contributed by atoms with van der Waals surface area (Å²) in [6, 6.07) is 6.24. The van der Waals surface area contributed by atoms with Gasteiger partial charge in [-0.25, -0.2) is 10.2 Å². The van der Waals surface area contributed by atoms with Crippen LogP contribution in [0.3, 0.4) is 0 Å². The Balaban J connectivity index is 1.97. The molecule has 7 nitrogen and oxygen atoms in total. The van der Waals surface area contributed by atoms with Crippen molar-refractivity contribution in [1.82, 2.24) is 10.3 Å². The molecular formula is C14H15N3O4. The summed E-state index contributed by atoms with van der Waals surface area (Å²) in [5.74, 6) is -2.52. The third kappa shape index (κ3) is 3.65. The van der Waals surface area contributed by atoms with E-state index in [9.17, 15) is 14.4 Å². The maximum absolute atomic E-state index is 11.7. The number of aromatic carboxylic acids is 1. The molecule has 1 aromatic rings. The number of rotatable bonds is 3. The molecule has 1 heterocycles. The zero-order valence-corrected chi connectivity index (χ0v) is 11.3. The lowest BCUT2D eigenvalue weighted by Gasteiger charge is -2.12. The number of nitrogens with one attached hydrogen (secondary N) is 1. The van der Waals surface area contributed by atoms with Gasteiger partial charge in [-0.1, -0.05) is 18.2 Å². The second kappa shape index (κ2) is 6.65. The summed E-state index contributed by atoms with van der Waals surface area (Å²) in [4.78, 5) is 35.8. The van der Waals surface area contributed by atoms with Crippen LogP contribution in [0.5, 0.6) is 0 Å². The second-order valence-corrected chi connectivity index (χ2v) is 4.59. The first kappa shape index (κ1) is 14.7. The van der Waals surface area contributed by atoms with E-state index >= 15 is 0 Å². The van der Waals surface area contributed by atoms with Crippen molar-refractivity contribution in [3.05, 3.63) is 35.4 Å². The fraction of sp³-hybridized carbons (Fsp3) is 0.286. The zero-order valence-electron chi connectivity index (χ0n) is 11.3. The van der Waals surface area contributed by atoms with Crippen molar-refractivity contribution in [2.75, 3.05) is 13.1 Å². The smallest absolute Gasteiger partial charge is 0.336 e. The molecule has 0 bridgehead atoms. The molecule has 7 heteroatoms. The number of carboxylic acids is 1. The summed E-state index contributed by atoms with van der Waals surface area (Å²) in [5.41, 5.74) is 2.54. The lowest BCUT2D eigenvalue weighted by atomic mass is 10.1. The molecule has 2 rings (SSSR count). The fourth-order valence-electron chi connectivity index (χ4n) is 2.08. The van der Waals surface area contributed by atoms with Gasteiger partial charge in [0.1, 0.15) is 0 Å². The highest BCUT2D eigenvalue weighted by Crippen LogP contribution is 2.07. The van der Waals surface area contributed by atoms with Crippen molar-refractivity contribution in [3.63, 3.8) is 0 Å². The number of carbonyl (C=O) groups is 3. The van der Waals surface area contributed by atoms with Crippen LogP contribution >= 0.6 is 0 Å². The molecule has 2 amide bonds. The monoisotopic (exact) mass is 289 g/mol. The minimum Gasteiger partial charge on any atom is -0.478 e. The Labute approximate surface area is 121 Å². The predicted molar refractivity (Wildman–Crippen MR) is 75.0 cm³/mol. The van der Waals surface area contributed by atoms with Crippen LogP contribution in [0, 0.1) is 0 Å². The average molecular weight is 289 g/mol. The van der Waals surface area contributed by atoms with E-state index in [2.05, 4.69) is 10.5 Å². The molecule has 110 valence electrons. The van der Waals surface area contributed by atoms with Gasteiger partial charge < -0.3 is 10.0 Å². The minimum atomic E-state index is -1.09. The first-order valence-electron chi connectivity index (χ1n) is 6.54. The SMILES string of the molecule is O=C(N/N=C\c1ccccc1C(=O)O)C(=O)N1CCCC1. The molecule has 1 aromatic carbocycles. The predicted octanol–water partition coefficient (Wildman–Crippen LogP) is 0.457. The molecule has 0 saturated carbocycles. The summed E-state index contributed by atoms with van der Waals surface area (Å²) in [6.45, 7) is 1.16. The molecule has 0 unspecified atom stereocenters. The van der Waals surface area contributed by atoms with Gasteiger partial charge in [-0.05, 0) is 18.9 Å². The van der Waals surface area contributed by atoms with E-state index in [-0.39, 0.29) is 5.56 Å². The number of benzene rings is 1. The van der Waals surface area contributed by atoms with E-state index in [1.165, 1.54) is 17.2 Å². The van der Waals surface area contributed by atoms with Crippen molar-refractivity contribution < 1.29 is 19.5 Å². The normalized spacial score (nSPS) is 14.4. The third-order valence-corrected chi connectivity index (χ3v) is 3.15. The number of nitrogens with zero attached hydrogens (tertiary/aromatic N) is 2. The topological polar surface area (TPSA) is 99.1 Å². The summed E-state index contributed by atoms with van der Waals surface area (Å²) in [6.07, 6.45) is 3.00. The number of hydrogen-bond donors (Lipinski definition) is 2. The molecule has 0 aromatic heterocycles. The summed E-state index contributed by atoms with van der Waals surface area (Å²) < 4.78 is 0. The summed E-state index contributed by atoms with van der Waals surface area (Å²) >= 11 is 0. The Morgan fingerprint density at radius 2 is 1.86 bits per heavy atom. The molecule has 1 fully saturated rings. The molecule has 2 N–H and O–H groups in total. The number of carboxylic acid groups (broad SMARTS) is 1. The molecule has 0 radical (unpaired) electrons. The van der Waals surface area contributed by atoms with Crippen LogP contribution in [-0.2, 0) is 9.59 Å². The second-order valence-electron chi connectivity index (χ2n) is 4.59. The first-order valence-corrected chi connectivity index (χ1v) is 6.54. The van der Waals surface area contributed by atoms with Crippen molar-refractivity contribution in [3.8, 4) is 0 Å². The van der Waals surface area contributed by atoms with E-state index < -0.39 is 17.8 Å². The molecule has 0 aliphatic carbocycles. The van der Waals surface area contributed by atoms with Gasteiger partial charge in [-0.3, -0.25) is 9.59 Å². The molecule has 0 spiro atoms. The Kier molecular flexibility index (Phi) is 4.65. The molecule has 1 aliphatic heterocycles. The molecule has 1 aliphatic rings. The standard InChI is InChI=1S/C14H15N3O4/c18-12(13(19)17-7-3-4-8-17)16-15-9-10-5-1-2-6-11(10)14(20)21/h1-2,5-6,9H,3-4,7-8H2,(H,16,18)(H,20,21)/b15-9-. The van der Waals surface area contributed by atoms with E-state index in [1.807, 2.05) is 0 Å². The minimum absolute atomic E-state index is 0.0707. The summed E-state index contributed by atoms with van der Waals surface area (Å²) in [7, 11) is 0. The highest BCUT2D eigenvalue weighted by atomic mass is 16.4. The lowest BCUT2D eigenvalue weighted by Crippen LogP contribution is -2.39. The van der Waals surface area contributed by atoms with Gasteiger partial charge in [0.05, 0.1) is 11.8 Å². The van der Waals surface area contributed by atoms with Gasteiger partial charge in [0.2, 0.25) is 0 Å². The van der Waals surface area contributed by atoms with Gasteiger partial charge in [-0.2, -0.15) is 5.10 Å². The Morgan fingerprint density at radius 1 is 1.19 bits per heavy atom. The molecule has 0 atom stereocenters. The van der Waals surface area contributed by atoms with Crippen LogP contribution in [-0.4, -0.2) is 47.1 Å². The fourth-order valence-corrected chi connectivity index (χ4v) is 2.08. The van der Waals surface area contributed by atoms with Gasteiger partial charge in [0, 0.05) is 18.7 Å². The van der Waals surface area contributed by atoms with Gasteiger partial charge in [0.25, 0.3) is 0 Å². The van der Waals surface area contributed by atoms with Gasteiger partial charge >= 0.3 is 17.8 Å². The van der Waals surface area contributed by atoms with Gasteiger partial charge in [-0.15, -0.1) is 0 Å². The maximum Gasteiger partial charge on any atom is 0.336 e. The molecular weight excluding hydrogens is 274 g/mol. The Morgan fingerprint density at radius 3 is 2.52 bits per heavy atom. The summed E-state index contributed by atoms with van der Waals surface area (Å²) in [5, 5.41) is 12.6. The third-order valence-electron chi connectivity index (χ3n) is 3.15. The van der Waals surface area contributed by atoms with E-state index in [4.69, 9.17) is 5.11 Å². The first-order chi connectivity index (χ1) is 10.1. The Hall–Kier alpha value is -2.70. The highest BCUT2D eigenvalue weighted by molar-refractivity contribution is 6.35. The van der Waals surface area contributed by atoms with Crippen LogP contribution in [0.15, 0.2) is 29.4 Å². The van der Waals surface area contributed by atoms with Crippen molar-refractivity contribution in [1.29, 1.82) is 0 Å². The van der Waals surface area contributed by atoms with Crippen LogP contribution < -0.4 is 5.43 Å². The van der Waals surface area contributed by atoms with E-state index in [1.54, 1.807) is 18.2 Å². The highest BCUT2D eigenvalue weighted by Gasteiger charge is 2.23. The largest absolute Gasteiger partial charge is 0.478 e. The quantitative estimate of drug-likeness (QED) is 0.479. The van der Waals surface area contributed by atoms with Crippen molar-refractivity contribution in [2.45, 2.75) is 12.8 Å². The number of likely N-dealkylation sites (tertiary alicyclic amines) is 1. The number of hydrogen-bond acceptors (Lipinski definition) is 4. The van der Waals surface area contributed by atoms with Crippen molar-refractivity contribution in [2.24, 2.45) is 5.10 Å². The van der Waals surface area contributed by atoms with Gasteiger partial charge in [0.15, 0.2) is 0 Å². The van der Waals surface area contributed by atoms with Crippen molar-refractivity contribution >= 4 is 24.0 Å². The molecule has 1 saturated heterocycles. The molecule has 21 heavy (non-hydrogen) atoms. The van der Waals surface area contributed by atoms with E-state index in [0.717, 1.165) is 12.8 Å². The number of amides is 2. The van der Waals surface area contributed by atoms with Crippen LogP contribution in [0.25, 0.3) is 0 Å². The lowest BCUT2D eigenvalue weighted by molar-refractivity contribution is -0.145. The van der Waals surface area contributed by atoms with Crippen LogP contribution in [0.4, 0.5) is 0 Å². The number of hydrazone groups is 1. The maximum atomic E-state index is 11.7. The Bertz CT molecular complexity index is 592. The zero-order chi connectivity index (χ0) is 15.2. The van der Waals surface area contributed by atoms with E-state index in [0.29, 0.717) is 18.7 Å². The van der Waals surface area contributed by atoms with Crippen LogP contribution in [0.2, 0.25) is 0 Å².